The third-order valence-corrected chi connectivity index (χ3v) is 3.69. The summed E-state index contributed by atoms with van der Waals surface area (Å²) in [5.41, 5.74) is 1.24. The molecule has 0 spiro atoms. The van der Waals surface area contributed by atoms with Gasteiger partial charge in [-0.25, -0.2) is 0 Å². The van der Waals surface area contributed by atoms with E-state index in [9.17, 15) is 0 Å². The Kier molecular flexibility index (Phi) is 1.84. The van der Waals surface area contributed by atoms with Crippen molar-refractivity contribution in [3.8, 4) is 10.4 Å². The second kappa shape index (κ2) is 2.83. The summed E-state index contributed by atoms with van der Waals surface area (Å²) in [7, 11) is 0. The molecule has 3 heteroatoms. The van der Waals surface area contributed by atoms with E-state index >= 15 is 0 Å². The van der Waals surface area contributed by atoms with E-state index in [0.717, 1.165) is 0 Å². The van der Waals surface area contributed by atoms with E-state index in [1.54, 1.807) is 23.1 Å². The van der Waals surface area contributed by atoms with E-state index in [1.165, 1.54) is 14.6 Å². The first-order valence-electron chi connectivity index (χ1n) is 3.28. The monoisotopic (exact) mass is 181 g/mol. The van der Waals surface area contributed by atoms with Crippen LogP contribution >= 0.6 is 23.1 Å². The molecule has 0 atom stereocenters. The van der Waals surface area contributed by atoms with Gasteiger partial charge in [0.2, 0.25) is 0 Å². The molecule has 0 saturated carbocycles. The lowest BCUT2D eigenvalue weighted by atomic mass is 10.3. The number of aromatic nitrogens is 1. The number of hydrogen-bond donors (Lipinski definition) is 0. The highest BCUT2D eigenvalue weighted by molar-refractivity contribution is 8.00. The van der Waals surface area contributed by atoms with Crippen LogP contribution in [0, 0.1) is 0 Å². The topological polar surface area (TPSA) is 12.9 Å². The molecule has 2 aliphatic heterocycles. The number of fused-ring (bicyclic) bond motifs is 1. The fourth-order valence-electron chi connectivity index (χ4n) is 0.944. The summed E-state index contributed by atoms with van der Waals surface area (Å²) >= 11 is 3.57. The van der Waals surface area contributed by atoms with Crippen LogP contribution in [-0.2, 0) is 0 Å². The molecule has 0 aromatic heterocycles. The van der Waals surface area contributed by atoms with Crippen LogP contribution in [-0.4, -0.2) is 11.2 Å². The predicted octanol–water partition coefficient (Wildman–Crippen LogP) is 2.97. The first-order chi connectivity index (χ1) is 5.40. The van der Waals surface area contributed by atoms with Gasteiger partial charge in [-0.2, -0.15) is 0 Å². The fraction of sp³-hybridized carbons (Fsp3) is 0.125. The van der Waals surface area contributed by atoms with Crippen LogP contribution in [0.1, 0.15) is 0 Å². The molecule has 0 bridgehead atoms. The molecule has 56 valence electrons. The van der Waals surface area contributed by atoms with E-state index in [0.29, 0.717) is 0 Å². The van der Waals surface area contributed by atoms with Crippen molar-refractivity contribution in [1.82, 2.24) is 4.98 Å². The van der Waals surface area contributed by atoms with Gasteiger partial charge in [0.25, 0.3) is 0 Å². The highest BCUT2D eigenvalue weighted by Gasteiger charge is 2.03. The third-order valence-electron chi connectivity index (χ3n) is 1.50. The molecule has 0 fully saturated rings. The Morgan fingerprint density at radius 3 is 3.09 bits per heavy atom. The SMILES string of the molecule is CSc1ccc2cncc-2s1. The summed E-state index contributed by atoms with van der Waals surface area (Å²) in [6.45, 7) is 0. The average molecular weight is 181 g/mol. The standard InChI is InChI=1S/C8H7NS2/c1-10-8-3-2-6-4-9-5-7(6)11-8/h2-5H,1H3. The Morgan fingerprint density at radius 2 is 2.27 bits per heavy atom. The smallest absolute Gasteiger partial charge is 0.0602 e. The zero-order chi connectivity index (χ0) is 7.68. The molecule has 11 heavy (non-hydrogen) atoms. The number of thioether (sulfide) groups is 1. The van der Waals surface area contributed by atoms with Crippen LogP contribution in [0.15, 0.2) is 28.7 Å². The molecule has 2 aliphatic rings. The molecule has 0 unspecified atom stereocenters. The molecule has 0 saturated heterocycles. The summed E-state index contributed by atoms with van der Waals surface area (Å²) in [5.74, 6) is 0. The Bertz CT molecular complexity index is 329. The van der Waals surface area contributed by atoms with Crippen LogP contribution in [0.3, 0.4) is 0 Å². The van der Waals surface area contributed by atoms with Crippen molar-refractivity contribution in [3.63, 3.8) is 0 Å². The Labute approximate surface area is 73.8 Å². The van der Waals surface area contributed by atoms with Gasteiger partial charge in [-0.05, 0) is 12.3 Å². The molecule has 0 aromatic rings. The van der Waals surface area contributed by atoms with Gasteiger partial charge in [-0.3, -0.25) is 4.98 Å². The summed E-state index contributed by atoms with van der Waals surface area (Å²) in [5, 5.41) is 0. The summed E-state index contributed by atoms with van der Waals surface area (Å²) in [6.07, 6.45) is 5.91. The van der Waals surface area contributed by atoms with Crippen molar-refractivity contribution >= 4 is 23.1 Å². The summed E-state index contributed by atoms with van der Waals surface area (Å²) in [4.78, 5) is 5.35. The minimum absolute atomic E-state index is 1.24. The lowest BCUT2D eigenvalue weighted by molar-refractivity contribution is 1.43. The quantitative estimate of drug-likeness (QED) is 0.627. The van der Waals surface area contributed by atoms with Gasteiger partial charge in [0.05, 0.1) is 9.09 Å². The molecule has 2 rings (SSSR count). The maximum absolute atomic E-state index is 4.08. The minimum atomic E-state index is 1.24. The van der Waals surface area contributed by atoms with E-state index in [1.807, 2.05) is 12.4 Å². The second-order valence-electron chi connectivity index (χ2n) is 2.19. The first-order valence-corrected chi connectivity index (χ1v) is 5.32. The van der Waals surface area contributed by atoms with Gasteiger partial charge in [0.15, 0.2) is 0 Å². The number of hydrogen-bond acceptors (Lipinski definition) is 3. The predicted molar refractivity (Wildman–Crippen MR) is 50.5 cm³/mol. The van der Waals surface area contributed by atoms with Crippen molar-refractivity contribution in [2.45, 2.75) is 4.21 Å². The van der Waals surface area contributed by atoms with Crippen molar-refractivity contribution in [3.05, 3.63) is 24.5 Å². The van der Waals surface area contributed by atoms with Crippen LogP contribution < -0.4 is 0 Å². The fourth-order valence-corrected chi connectivity index (χ4v) is 2.46. The molecular weight excluding hydrogens is 174 g/mol. The van der Waals surface area contributed by atoms with E-state index < -0.39 is 0 Å². The van der Waals surface area contributed by atoms with Gasteiger partial charge in [0, 0.05) is 18.0 Å². The zero-order valence-electron chi connectivity index (χ0n) is 6.07. The third kappa shape index (κ3) is 1.26. The molecule has 0 radical (unpaired) electrons. The first kappa shape index (κ1) is 7.13. The average Bonchev–Trinajstić information content (AvgIpc) is 2.50. The maximum Gasteiger partial charge on any atom is 0.0602 e. The number of rotatable bonds is 1. The molecule has 1 nitrogen and oxygen atoms in total. The summed E-state index contributed by atoms with van der Waals surface area (Å²) in [6, 6.07) is 4.25. The van der Waals surface area contributed by atoms with Crippen LogP contribution in [0.5, 0.6) is 0 Å². The molecule has 0 aromatic carbocycles. The highest BCUT2D eigenvalue weighted by atomic mass is 32.2. The lowest BCUT2D eigenvalue weighted by Crippen LogP contribution is -1.68. The van der Waals surface area contributed by atoms with Gasteiger partial charge in [0.1, 0.15) is 0 Å². The molecule has 0 N–H and O–H groups in total. The molecule has 0 aliphatic carbocycles. The number of nitrogens with zero attached hydrogens (tertiary/aromatic N) is 1. The van der Waals surface area contributed by atoms with Gasteiger partial charge >= 0.3 is 0 Å². The van der Waals surface area contributed by atoms with Gasteiger partial charge < -0.3 is 0 Å². The van der Waals surface area contributed by atoms with E-state index in [4.69, 9.17) is 0 Å². The van der Waals surface area contributed by atoms with Crippen LogP contribution in [0.2, 0.25) is 0 Å². The zero-order valence-corrected chi connectivity index (χ0v) is 7.71. The Morgan fingerprint density at radius 1 is 1.36 bits per heavy atom. The van der Waals surface area contributed by atoms with Crippen molar-refractivity contribution in [2.24, 2.45) is 0 Å². The summed E-state index contributed by atoms with van der Waals surface area (Å²) < 4.78 is 1.34. The second-order valence-corrected chi connectivity index (χ2v) is 4.38. The molecular formula is C8H7NS2. The molecule has 0 amide bonds. The van der Waals surface area contributed by atoms with Gasteiger partial charge in [-0.1, -0.05) is 6.07 Å². The molecule has 2 heterocycles. The normalized spacial score (nSPS) is 10.6. The van der Waals surface area contributed by atoms with Crippen LogP contribution in [0.25, 0.3) is 10.4 Å². The van der Waals surface area contributed by atoms with Gasteiger partial charge in [-0.15, -0.1) is 23.1 Å². The highest BCUT2D eigenvalue weighted by Crippen LogP contribution is 2.32. The van der Waals surface area contributed by atoms with Crippen molar-refractivity contribution < 1.29 is 0 Å². The lowest BCUT2D eigenvalue weighted by Gasteiger charge is -1.97. The maximum atomic E-state index is 4.08. The largest absolute Gasteiger partial charge is 0.263 e. The van der Waals surface area contributed by atoms with Crippen molar-refractivity contribution in [2.75, 3.05) is 6.26 Å². The Hall–Kier alpha value is -0.540. The van der Waals surface area contributed by atoms with Crippen LogP contribution in [0.4, 0.5) is 0 Å². The minimum Gasteiger partial charge on any atom is -0.263 e. The van der Waals surface area contributed by atoms with E-state index in [-0.39, 0.29) is 0 Å². The van der Waals surface area contributed by atoms with E-state index in [2.05, 4.69) is 23.4 Å². The van der Waals surface area contributed by atoms with Crippen molar-refractivity contribution in [1.29, 1.82) is 0 Å². The Balaban J connectivity index is 2.59.